The van der Waals surface area contributed by atoms with E-state index < -0.39 is 0 Å². The van der Waals surface area contributed by atoms with Crippen molar-refractivity contribution in [3.8, 4) is 0 Å². The number of para-hydroxylation sites is 1. The normalized spacial score (nSPS) is 15.7. The first kappa shape index (κ1) is 13.7. The van der Waals surface area contributed by atoms with Crippen LogP contribution in [0.1, 0.15) is 13.8 Å². The maximum atomic E-state index is 11.9. The van der Waals surface area contributed by atoms with Gasteiger partial charge in [0.25, 0.3) is 0 Å². The van der Waals surface area contributed by atoms with E-state index in [4.69, 9.17) is 0 Å². The summed E-state index contributed by atoms with van der Waals surface area (Å²) in [5, 5.41) is 2.97. The van der Waals surface area contributed by atoms with Gasteiger partial charge >= 0.3 is 6.03 Å². The monoisotopic (exact) mass is 261 g/mol. The smallest absolute Gasteiger partial charge is 0.317 e. The number of hydrogen-bond acceptors (Lipinski definition) is 2. The topological polar surface area (TPSA) is 35.6 Å². The van der Waals surface area contributed by atoms with E-state index in [1.165, 1.54) is 5.69 Å². The molecule has 1 heterocycles. The molecule has 1 fully saturated rings. The Hall–Kier alpha value is -1.71. The van der Waals surface area contributed by atoms with Crippen molar-refractivity contribution in [3.63, 3.8) is 0 Å². The van der Waals surface area contributed by atoms with Gasteiger partial charge in [-0.25, -0.2) is 4.79 Å². The van der Waals surface area contributed by atoms with E-state index in [0.29, 0.717) is 5.92 Å². The number of rotatable bonds is 3. The predicted octanol–water partition coefficient (Wildman–Crippen LogP) is 2.17. The Labute approximate surface area is 115 Å². The fourth-order valence-corrected chi connectivity index (χ4v) is 2.21. The van der Waals surface area contributed by atoms with Crippen molar-refractivity contribution >= 4 is 11.7 Å². The van der Waals surface area contributed by atoms with Crippen LogP contribution in [0.5, 0.6) is 0 Å². The first-order chi connectivity index (χ1) is 9.16. The Bertz CT molecular complexity index is 397. The van der Waals surface area contributed by atoms with E-state index >= 15 is 0 Å². The van der Waals surface area contributed by atoms with Crippen molar-refractivity contribution in [3.05, 3.63) is 30.3 Å². The van der Waals surface area contributed by atoms with Gasteiger partial charge in [0.05, 0.1) is 0 Å². The molecule has 0 unspecified atom stereocenters. The number of benzene rings is 1. The Balaban J connectivity index is 1.81. The minimum atomic E-state index is 0.0708. The highest BCUT2D eigenvalue weighted by Gasteiger charge is 2.20. The van der Waals surface area contributed by atoms with Crippen LogP contribution in [0.15, 0.2) is 30.3 Å². The van der Waals surface area contributed by atoms with Crippen LogP contribution in [0.3, 0.4) is 0 Å². The molecule has 0 atom stereocenters. The van der Waals surface area contributed by atoms with Gasteiger partial charge in [-0.1, -0.05) is 32.0 Å². The Morgan fingerprint density at radius 3 is 2.37 bits per heavy atom. The summed E-state index contributed by atoms with van der Waals surface area (Å²) < 4.78 is 0. The molecule has 0 aromatic heterocycles. The lowest BCUT2D eigenvalue weighted by atomic mass is 10.2. The fraction of sp³-hybridized carbons (Fsp3) is 0.533. The zero-order valence-electron chi connectivity index (χ0n) is 11.8. The first-order valence-electron chi connectivity index (χ1n) is 6.99. The Morgan fingerprint density at radius 1 is 1.16 bits per heavy atom. The first-order valence-corrected chi connectivity index (χ1v) is 6.99. The van der Waals surface area contributed by atoms with Crippen molar-refractivity contribution in [2.24, 2.45) is 5.92 Å². The van der Waals surface area contributed by atoms with Crippen LogP contribution >= 0.6 is 0 Å². The molecule has 1 N–H and O–H groups in total. The zero-order valence-corrected chi connectivity index (χ0v) is 11.8. The van der Waals surface area contributed by atoms with Crippen LogP contribution in [0.25, 0.3) is 0 Å². The second-order valence-corrected chi connectivity index (χ2v) is 5.39. The Morgan fingerprint density at radius 2 is 1.79 bits per heavy atom. The minimum Gasteiger partial charge on any atom is -0.368 e. The zero-order chi connectivity index (χ0) is 13.7. The molecule has 104 valence electrons. The van der Waals surface area contributed by atoms with Crippen molar-refractivity contribution in [1.82, 2.24) is 10.2 Å². The van der Waals surface area contributed by atoms with Crippen molar-refractivity contribution in [1.29, 1.82) is 0 Å². The van der Waals surface area contributed by atoms with Gasteiger partial charge in [-0.05, 0) is 18.1 Å². The molecule has 1 aliphatic heterocycles. The molecule has 1 aromatic rings. The third kappa shape index (κ3) is 3.88. The van der Waals surface area contributed by atoms with Gasteiger partial charge in [0.15, 0.2) is 0 Å². The summed E-state index contributed by atoms with van der Waals surface area (Å²) in [4.78, 5) is 16.2. The quantitative estimate of drug-likeness (QED) is 0.905. The van der Waals surface area contributed by atoms with E-state index in [1.54, 1.807) is 0 Å². The fourth-order valence-electron chi connectivity index (χ4n) is 2.21. The van der Waals surface area contributed by atoms with Crippen LogP contribution in [0, 0.1) is 5.92 Å². The lowest BCUT2D eigenvalue weighted by molar-refractivity contribution is 0.193. The molecule has 1 saturated heterocycles. The van der Waals surface area contributed by atoms with E-state index in [9.17, 15) is 4.79 Å². The van der Waals surface area contributed by atoms with Crippen molar-refractivity contribution < 1.29 is 4.79 Å². The maximum absolute atomic E-state index is 11.9. The molecule has 2 amide bonds. The van der Waals surface area contributed by atoms with Gasteiger partial charge in [0, 0.05) is 38.4 Å². The number of carbonyl (C=O) groups excluding carboxylic acids is 1. The number of hydrogen-bond donors (Lipinski definition) is 1. The molecular formula is C15H23N3O. The number of nitrogens with zero attached hydrogens (tertiary/aromatic N) is 2. The molecule has 0 spiro atoms. The highest BCUT2D eigenvalue weighted by atomic mass is 16.2. The van der Waals surface area contributed by atoms with Gasteiger partial charge in [0.2, 0.25) is 0 Å². The minimum absolute atomic E-state index is 0.0708. The van der Waals surface area contributed by atoms with Crippen LogP contribution in [-0.2, 0) is 0 Å². The Kier molecular flexibility index (Phi) is 4.66. The molecular weight excluding hydrogens is 238 g/mol. The molecule has 0 bridgehead atoms. The van der Waals surface area contributed by atoms with Crippen LogP contribution < -0.4 is 10.2 Å². The number of piperazine rings is 1. The van der Waals surface area contributed by atoms with Gasteiger partial charge in [-0.15, -0.1) is 0 Å². The molecule has 2 rings (SSSR count). The highest BCUT2D eigenvalue weighted by molar-refractivity contribution is 5.74. The predicted molar refractivity (Wildman–Crippen MR) is 78.5 cm³/mol. The molecule has 4 nitrogen and oxygen atoms in total. The van der Waals surface area contributed by atoms with Gasteiger partial charge < -0.3 is 15.1 Å². The molecule has 0 aliphatic carbocycles. The lowest BCUT2D eigenvalue weighted by Gasteiger charge is -2.36. The number of anilines is 1. The number of carbonyl (C=O) groups is 1. The van der Waals surface area contributed by atoms with E-state index in [2.05, 4.69) is 48.3 Å². The summed E-state index contributed by atoms with van der Waals surface area (Å²) in [6.45, 7) is 8.34. The maximum Gasteiger partial charge on any atom is 0.317 e. The van der Waals surface area contributed by atoms with Crippen molar-refractivity contribution in [2.75, 3.05) is 37.6 Å². The number of urea groups is 1. The third-order valence-electron chi connectivity index (χ3n) is 3.35. The largest absolute Gasteiger partial charge is 0.368 e. The molecule has 1 aliphatic rings. The highest BCUT2D eigenvalue weighted by Crippen LogP contribution is 2.15. The van der Waals surface area contributed by atoms with E-state index in [1.807, 2.05) is 11.0 Å². The molecule has 0 saturated carbocycles. The van der Waals surface area contributed by atoms with Gasteiger partial charge in [-0.3, -0.25) is 0 Å². The van der Waals surface area contributed by atoms with E-state index in [0.717, 1.165) is 32.7 Å². The summed E-state index contributed by atoms with van der Waals surface area (Å²) in [5.74, 6) is 0.495. The third-order valence-corrected chi connectivity index (χ3v) is 3.35. The van der Waals surface area contributed by atoms with Gasteiger partial charge in [0.1, 0.15) is 0 Å². The summed E-state index contributed by atoms with van der Waals surface area (Å²) in [6, 6.07) is 10.4. The van der Waals surface area contributed by atoms with E-state index in [-0.39, 0.29) is 6.03 Å². The second kappa shape index (κ2) is 6.45. The van der Waals surface area contributed by atoms with Crippen molar-refractivity contribution in [2.45, 2.75) is 13.8 Å². The molecule has 4 heteroatoms. The lowest BCUT2D eigenvalue weighted by Crippen LogP contribution is -2.52. The summed E-state index contributed by atoms with van der Waals surface area (Å²) in [6.07, 6.45) is 0. The molecule has 1 aromatic carbocycles. The summed E-state index contributed by atoms with van der Waals surface area (Å²) >= 11 is 0. The number of nitrogens with one attached hydrogen (secondary N) is 1. The van der Waals surface area contributed by atoms with Crippen LogP contribution in [-0.4, -0.2) is 43.7 Å². The SMILES string of the molecule is CC(C)CNC(=O)N1CCN(c2ccccc2)CC1. The standard InChI is InChI=1S/C15H23N3O/c1-13(2)12-16-15(19)18-10-8-17(9-11-18)14-6-4-3-5-7-14/h3-7,13H,8-12H2,1-2H3,(H,16,19). The molecule has 19 heavy (non-hydrogen) atoms. The average molecular weight is 261 g/mol. The summed E-state index contributed by atoms with van der Waals surface area (Å²) in [5.41, 5.74) is 1.24. The van der Waals surface area contributed by atoms with Gasteiger partial charge in [-0.2, -0.15) is 0 Å². The average Bonchev–Trinajstić information content (AvgIpc) is 2.46. The number of amides is 2. The molecule has 0 radical (unpaired) electrons. The van der Waals surface area contributed by atoms with Crippen LogP contribution in [0.4, 0.5) is 10.5 Å². The summed E-state index contributed by atoms with van der Waals surface area (Å²) in [7, 11) is 0. The van der Waals surface area contributed by atoms with Crippen LogP contribution in [0.2, 0.25) is 0 Å². The second-order valence-electron chi connectivity index (χ2n) is 5.39.